The molecule has 6 heteroatoms. The zero-order valence-corrected chi connectivity index (χ0v) is 7.56. The van der Waals surface area contributed by atoms with Crippen LogP contribution in [0.3, 0.4) is 0 Å². The fourth-order valence-electron chi connectivity index (χ4n) is 2.46. The molecule has 0 radical (unpaired) electrons. The molecule has 6 atom stereocenters. The standard InChI is InChI=1S/C8H15NO5/c10-2-3-6(12)8(14)5-7(13)4(11)1-9(3)5/h3-8,10-14H,1-2H2/t3-,4+,5-,6-,7+,8+/m0/s1. The Labute approximate surface area is 81.0 Å². The van der Waals surface area contributed by atoms with E-state index in [1.165, 1.54) is 0 Å². The number of hydrogen-bond acceptors (Lipinski definition) is 6. The van der Waals surface area contributed by atoms with E-state index in [-0.39, 0.29) is 13.2 Å². The molecule has 2 aliphatic heterocycles. The Kier molecular flexibility index (Phi) is 2.50. The minimum atomic E-state index is -1.11. The lowest BCUT2D eigenvalue weighted by atomic mass is 10.0. The molecule has 0 aliphatic carbocycles. The fourth-order valence-corrected chi connectivity index (χ4v) is 2.46. The summed E-state index contributed by atoms with van der Waals surface area (Å²) in [4.78, 5) is 1.56. The second-order valence-electron chi connectivity index (χ2n) is 3.98. The van der Waals surface area contributed by atoms with Crippen LogP contribution in [-0.4, -0.2) is 80.1 Å². The van der Waals surface area contributed by atoms with Crippen LogP contribution in [-0.2, 0) is 0 Å². The van der Waals surface area contributed by atoms with Gasteiger partial charge >= 0.3 is 0 Å². The van der Waals surface area contributed by atoms with Crippen molar-refractivity contribution in [2.45, 2.75) is 36.5 Å². The first-order valence-electron chi connectivity index (χ1n) is 4.66. The van der Waals surface area contributed by atoms with Crippen LogP contribution in [0.4, 0.5) is 0 Å². The zero-order valence-electron chi connectivity index (χ0n) is 7.56. The minimum Gasteiger partial charge on any atom is -0.395 e. The summed E-state index contributed by atoms with van der Waals surface area (Å²) >= 11 is 0. The van der Waals surface area contributed by atoms with Crippen LogP contribution in [0.5, 0.6) is 0 Å². The van der Waals surface area contributed by atoms with E-state index in [0.717, 1.165) is 0 Å². The van der Waals surface area contributed by atoms with Crippen molar-refractivity contribution in [3.8, 4) is 0 Å². The van der Waals surface area contributed by atoms with Crippen molar-refractivity contribution in [3.63, 3.8) is 0 Å². The number of aliphatic hydroxyl groups is 5. The number of rotatable bonds is 1. The Morgan fingerprint density at radius 1 is 1.00 bits per heavy atom. The molecule has 2 fully saturated rings. The first-order chi connectivity index (χ1) is 6.57. The quantitative estimate of drug-likeness (QED) is 0.304. The number of fused-ring (bicyclic) bond motifs is 1. The van der Waals surface area contributed by atoms with Crippen molar-refractivity contribution in [2.75, 3.05) is 13.2 Å². The highest BCUT2D eigenvalue weighted by Gasteiger charge is 2.56. The summed E-state index contributed by atoms with van der Waals surface area (Å²) in [6.07, 6.45) is -4.15. The lowest BCUT2D eigenvalue weighted by Crippen LogP contribution is -2.41. The third-order valence-electron chi connectivity index (χ3n) is 3.23. The highest BCUT2D eigenvalue weighted by Crippen LogP contribution is 2.33. The smallest absolute Gasteiger partial charge is 0.0996 e. The molecule has 2 heterocycles. The Hall–Kier alpha value is -0.240. The molecule has 82 valence electrons. The van der Waals surface area contributed by atoms with Crippen LogP contribution in [0.2, 0.25) is 0 Å². The third-order valence-corrected chi connectivity index (χ3v) is 3.23. The maximum atomic E-state index is 9.58. The van der Waals surface area contributed by atoms with Gasteiger partial charge < -0.3 is 25.5 Å². The molecular formula is C8H15NO5. The summed E-state index contributed by atoms with van der Waals surface area (Å²) < 4.78 is 0. The molecule has 6 nitrogen and oxygen atoms in total. The second-order valence-corrected chi connectivity index (χ2v) is 3.98. The average Bonchev–Trinajstić information content (AvgIpc) is 2.54. The van der Waals surface area contributed by atoms with Gasteiger partial charge in [-0.25, -0.2) is 0 Å². The maximum absolute atomic E-state index is 9.58. The highest BCUT2D eigenvalue weighted by atomic mass is 16.4. The number of hydrogen-bond donors (Lipinski definition) is 5. The largest absolute Gasteiger partial charge is 0.395 e. The van der Waals surface area contributed by atoms with Crippen LogP contribution in [0.15, 0.2) is 0 Å². The normalized spacial score (nSPS) is 53.8. The van der Waals surface area contributed by atoms with E-state index in [1.54, 1.807) is 4.90 Å². The lowest BCUT2D eigenvalue weighted by Gasteiger charge is -2.22. The zero-order chi connectivity index (χ0) is 10.5. The summed E-state index contributed by atoms with van der Waals surface area (Å²) in [6, 6.07) is -1.26. The molecule has 0 bridgehead atoms. The molecule has 14 heavy (non-hydrogen) atoms. The monoisotopic (exact) mass is 205 g/mol. The summed E-state index contributed by atoms with van der Waals surface area (Å²) in [6.45, 7) is -0.126. The predicted molar refractivity (Wildman–Crippen MR) is 45.4 cm³/mol. The van der Waals surface area contributed by atoms with Gasteiger partial charge in [0.2, 0.25) is 0 Å². The summed E-state index contributed by atoms with van der Waals surface area (Å²) in [5, 5.41) is 47.0. The summed E-state index contributed by atoms with van der Waals surface area (Å²) in [5.41, 5.74) is 0. The van der Waals surface area contributed by atoms with E-state index in [2.05, 4.69) is 0 Å². The Morgan fingerprint density at radius 3 is 2.21 bits per heavy atom. The van der Waals surface area contributed by atoms with Crippen LogP contribution < -0.4 is 0 Å². The molecule has 0 unspecified atom stereocenters. The minimum absolute atomic E-state index is 0.172. The van der Waals surface area contributed by atoms with Gasteiger partial charge in [0, 0.05) is 6.54 Å². The Morgan fingerprint density at radius 2 is 1.64 bits per heavy atom. The van der Waals surface area contributed by atoms with E-state index in [4.69, 9.17) is 5.11 Å². The van der Waals surface area contributed by atoms with Crippen LogP contribution in [0, 0.1) is 0 Å². The van der Waals surface area contributed by atoms with Crippen molar-refractivity contribution >= 4 is 0 Å². The molecule has 0 spiro atoms. The van der Waals surface area contributed by atoms with Gasteiger partial charge in [0.05, 0.1) is 43.1 Å². The van der Waals surface area contributed by atoms with Crippen molar-refractivity contribution < 1.29 is 25.5 Å². The first kappa shape index (κ1) is 10.3. The number of nitrogens with zero attached hydrogens (tertiary/aromatic N) is 1. The molecule has 0 aromatic rings. The molecule has 5 N–H and O–H groups in total. The molecule has 0 saturated carbocycles. The lowest BCUT2D eigenvalue weighted by molar-refractivity contribution is -0.0268. The van der Waals surface area contributed by atoms with Gasteiger partial charge in [-0.2, -0.15) is 0 Å². The van der Waals surface area contributed by atoms with Gasteiger partial charge in [-0.05, 0) is 0 Å². The topological polar surface area (TPSA) is 104 Å². The van der Waals surface area contributed by atoms with Crippen molar-refractivity contribution in [1.29, 1.82) is 0 Å². The SMILES string of the molecule is OC[C@H]1[C@H](O)[C@H](O)[C@@H]2[C@H](O)[C@H](O)CN21. The first-order valence-corrected chi connectivity index (χ1v) is 4.66. The van der Waals surface area contributed by atoms with Gasteiger partial charge in [-0.15, -0.1) is 0 Å². The van der Waals surface area contributed by atoms with Crippen molar-refractivity contribution in [1.82, 2.24) is 4.90 Å². The second kappa shape index (κ2) is 3.41. The van der Waals surface area contributed by atoms with Gasteiger partial charge in [0.15, 0.2) is 0 Å². The molecule has 0 aromatic heterocycles. The highest BCUT2D eigenvalue weighted by molar-refractivity contribution is 5.09. The van der Waals surface area contributed by atoms with Gasteiger partial charge in [-0.3, -0.25) is 4.90 Å². The van der Waals surface area contributed by atoms with Crippen LogP contribution in [0.25, 0.3) is 0 Å². The molecular weight excluding hydrogens is 190 g/mol. The van der Waals surface area contributed by atoms with E-state index in [0.29, 0.717) is 0 Å². The molecule has 2 rings (SSSR count). The average molecular weight is 205 g/mol. The van der Waals surface area contributed by atoms with E-state index >= 15 is 0 Å². The van der Waals surface area contributed by atoms with E-state index in [9.17, 15) is 20.4 Å². The third kappa shape index (κ3) is 1.19. The Bertz CT molecular complexity index is 226. The summed E-state index contributed by atoms with van der Waals surface area (Å²) in [7, 11) is 0. The predicted octanol–water partition coefficient (Wildman–Crippen LogP) is -3.51. The van der Waals surface area contributed by atoms with Gasteiger partial charge in [0.1, 0.15) is 0 Å². The van der Waals surface area contributed by atoms with E-state index < -0.39 is 36.5 Å². The van der Waals surface area contributed by atoms with Crippen LogP contribution >= 0.6 is 0 Å². The number of aliphatic hydroxyl groups excluding tert-OH is 5. The van der Waals surface area contributed by atoms with E-state index in [1.807, 2.05) is 0 Å². The van der Waals surface area contributed by atoms with Crippen LogP contribution in [0.1, 0.15) is 0 Å². The molecule has 2 saturated heterocycles. The van der Waals surface area contributed by atoms with Gasteiger partial charge in [0.25, 0.3) is 0 Å². The Balaban J connectivity index is 2.21. The summed E-state index contributed by atoms with van der Waals surface area (Å²) in [5.74, 6) is 0. The van der Waals surface area contributed by atoms with Gasteiger partial charge in [-0.1, -0.05) is 0 Å². The van der Waals surface area contributed by atoms with Crippen molar-refractivity contribution in [2.24, 2.45) is 0 Å². The molecule has 0 amide bonds. The fraction of sp³-hybridized carbons (Fsp3) is 1.00. The maximum Gasteiger partial charge on any atom is 0.0996 e. The molecule has 0 aromatic carbocycles. The van der Waals surface area contributed by atoms with Crippen molar-refractivity contribution in [3.05, 3.63) is 0 Å². The molecule has 2 aliphatic rings.